The highest BCUT2D eigenvalue weighted by Gasteiger charge is 2.31. The SMILES string of the molecule is O=C(O)CC(NC(=O)[C@@H]1CCCN(C(=O)CCC2CCNCC2)C1)c1cncc(-c2ccc(F)c([N+](=O)[O-])c2)c1. The van der Waals surface area contributed by atoms with Crippen molar-refractivity contribution >= 4 is 23.5 Å². The molecule has 2 saturated heterocycles. The fourth-order valence-corrected chi connectivity index (χ4v) is 5.43. The lowest BCUT2D eigenvalue weighted by atomic mass is 9.92. The molecule has 2 aromatic rings. The number of carbonyl (C=O) groups is 3. The summed E-state index contributed by atoms with van der Waals surface area (Å²) in [6, 6.07) is 4.10. The van der Waals surface area contributed by atoms with Crippen molar-refractivity contribution in [1.82, 2.24) is 20.5 Å². The van der Waals surface area contributed by atoms with Crippen LogP contribution in [0.25, 0.3) is 11.1 Å². The monoisotopic (exact) mass is 555 g/mol. The first-order valence-corrected chi connectivity index (χ1v) is 13.6. The molecule has 2 fully saturated rings. The molecule has 12 heteroatoms. The second-order valence-electron chi connectivity index (χ2n) is 10.5. The summed E-state index contributed by atoms with van der Waals surface area (Å²) in [4.78, 5) is 54.0. The number of carbonyl (C=O) groups excluding carboxylic acids is 2. The largest absolute Gasteiger partial charge is 0.481 e. The number of piperidine rings is 2. The van der Waals surface area contributed by atoms with Crippen LogP contribution >= 0.6 is 0 Å². The molecule has 2 aliphatic heterocycles. The third kappa shape index (κ3) is 7.59. The van der Waals surface area contributed by atoms with Crippen molar-refractivity contribution in [3.8, 4) is 11.1 Å². The molecule has 1 aromatic carbocycles. The van der Waals surface area contributed by atoms with Gasteiger partial charge in [-0.05, 0) is 74.4 Å². The zero-order chi connectivity index (χ0) is 28.6. The fourth-order valence-electron chi connectivity index (χ4n) is 5.43. The van der Waals surface area contributed by atoms with E-state index in [9.17, 15) is 34.0 Å². The number of hydrogen-bond donors (Lipinski definition) is 3. The molecule has 40 heavy (non-hydrogen) atoms. The molecule has 1 unspecified atom stereocenters. The maximum Gasteiger partial charge on any atom is 0.305 e. The van der Waals surface area contributed by atoms with Crippen LogP contribution in [-0.4, -0.2) is 63.9 Å². The average molecular weight is 556 g/mol. The predicted octanol–water partition coefficient (Wildman–Crippen LogP) is 3.45. The lowest BCUT2D eigenvalue weighted by molar-refractivity contribution is -0.387. The van der Waals surface area contributed by atoms with E-state index in [1.54, 1.807) is 11.0 Å². The van der Waals surface area contributed by atoms with Crippen molar-refractivity contribution in [1.29, 1.82) is 0 Å². The molecule has 3 N–H and O–H groups in total. The smallest absolute Gasteiger partial charge is 0.305 e. The van der Waals surface area contributed by atoms with Crippen LogP contribution in [0.4, 0.5) is 10.1 Å². The summed E-state index contributed by atoms with van der Waals surface area (Å²) in [5.41, 5.74) is 0.443. The number of aliphatic carboxylic acids is 1. The van der Waals surface area contributed by atoms with Crippen LogP contribution in [0.2, 0.25) is 0 Å². The highest BCUT2D eigenvalue weighted by atomic mass is 19.1. The molecular weight excluding hydrogens is 521 g/mol. The van der Waals surface area contributed by atoms with E-state index in [-0.39, 0.29) is 18.4 Å². The van der Waals surface area contributed by atoms with Gasteiger partial charge in [-0.2, -0.15) is 4.39 Å². The quantitative estimate of drug-likeness (QED) is 0.297. The minimum Gasteiger partial charge on any atom is -0.481 e. The normalized spacial score (nSPS) is 18.6. The third-order valence-electron chi connectivity index (χ3n) is 7.70. The van der Waals surface area contributed by atoms with E-state index < -0.39 is 40.8 Å². The van der Waals surface area contributed by atoms with Gasteiger partial charge < -0.3 is 20.6 Å². The first-order chi connectivity index (χ1) is 19.2. The number of rotatable bonds is 10. The van der Waals surface area contributed by atoms with Gasteiger partial charge in [-0.25, -0.2) is 0 Å². The number of amides is 2. The molecule has 11 nitrogen and oxygen atoms in total. The van der Waals surface area contributed by atoms with E-state index in [2.05, 4.69) is 15.6 Å². The van der Waals surface area contributed by atoms with E-state index >= 15 is 0 Å². The first kappa shape index (κ1) is 29.1. The molecule has 3 heterocycles. The van der Waals surface area contributed by atoms with E-state index in [1.165, 1.54) is 18.5 Å². The van der Waals surface area contributed by atoms with Crippen molar-refractivity contribution in [2.75, 3.05) is 26.2 Å². The molecule has 4 rings (SSSR count). The summed E-state index contributed by atoms with van der Waals surface area (Å²) in [7, 11) is 0. The Morgan fingerprint density at radius 3 is 2.67 bits per heavy atom. The van der Waals surface area contributed by atoms with Crippen molar-refractivity contribution < 1.29 is 28.8 Å². The summed E-state index contributed by atoms with van der Waals surface area (Å²) in [5, 5.41) is 26.8. The first-order valence-electron chi connectivity index (χ1n) is 13.6. The Balaban J connectivity index is 1.43. The van der Waals surface area contributed by atoms with Gasteiger partial charge in [-0.15, -0.1) is 0 Å². The van der Waals surface area contributed by atoms with Crippen molar-refractivity contribution in [2.24, 2.45) is 11.8 Å². The molecule has 2 atom stereocenters. The number of carboxylic acid groups (broad SMARTS) is 1. The number of carboxylic acids is 1. The van der Waals surface area contributed by atoms with Gasteiger partial charge in [-0.3, -0.25) is 29.5 Å². The number of halogens is 1. The predicted molar refractivity (Wildman–Crippen MR) is 144 cm³/mol. The number of likely N-dealkylation sites (tertiary alicyclic amines) is 1. The Hall–Kier alpha value is -3.93. The number of nitro groups is 1. The Morgan fingerprint density at radius 2 is 1.95 bits per heavy atom. The molecule has 1 aromatic heterocycles. The van der Waals surface area contributed by atoms with Gasteiger partial charge in [0.2, 0.25) is 17.6 Å². The van der Waals surface area contributed by atoms with Gasteiger partial charge in [-0.1, -0.05) is 6.07 Å². The molecule has 0 spiro atoms. The average Bonchev–Trinajstić information content (AvgIpc) is 2.96. The number of pyridine rings is 1. The number of nitrogens with zero attached hydrogens (tertiary/aromatic N) is 3. The molecule has 0 bridgehead atoms. The molecule has 2 aliphatic rings. The number of nitro benzene ring substituents is 1. The molecule has 0 aliphatic carbocycles. The number of hydrogen-bond acceptors (Lipinski definition) is 7. The molecule has 0 radical (unpaired) electrons. The Morgan fingerprint density at radius 1 is 1.18 bits per heavy atom. The highest BCUT2D eigenvalue weighted by Crippen LogP contribution is 2.29. The summed E-state index contributed by atoms with van der Waals surface area (Å²) < 4.78 is 13.8. The Labute approximate surface area is 231 Å². The summed E-state index contributed by atoms with van der Waals surface area (Å²) >= 11 is 0. The highest BCUT2D eigenvalue weighted by molar-refractivity contribution is 5.82. The van der Waals surface area contributed by atoms with Crippen molar-refractivity contribution in [3.63, 3.8) is 0 Å². The summed E-state index contributed by atoms with van der Waals surface area (Å²) in [6.45, 7) is 2.84. The van der Waals surface area contributed by atoms with Gasteiger partial charge in [0.1, 0.15) is 0 Å². The minimum atomic E-state index is -1.13. The Bertz CT molecular complexity index is 1250. The van der Waals surface area contributed by atoms with Crippen LogP contribution in [0.1, 0.15) is 56.6 Å². The van der Waals surface area contributed by atoms with E-state index in [4.69, 9.17) is 0 Å². The fraction of sp³-hybridized carbons (Fsp3) is 0.500. The maximum atomic E-state index is 13.8. The molecule has 0 saturated carbocycles. The number of aromatic nitrogens is 1. The summed E-state index contributed by atoms with van der Waals surface area (Å²) in [6.07, 6.45) is 7.14. The second-order valence-corrected chi connectivity index (χ2v) is 10.5. The van der Waals surface area contributed by atoms with Gasteiger partial charge in [0.05, 0.1) is 23.3 Å². The molecular formula is C28H34FN5O6. The lowest BCUT2D eigenvalue weighted by Crippen LogP contribution is -2.46. The van der Waals surface area contributed by atoms with Crippen molar-refractivity contribution in [3.05, 3.63) is 58.2 Å². The molecule has 214 valence electrons. The van der Waals surface area contributed by atoms with Gasteiger partial charge in [0.25, 0.3) is 0 Å². The topological polar surface area (TPSA) is 155 Å². The van der Waals surface area contributed by atoms with Gasteiger partial charge >= 0.3 is 11.7 Å². The van der Waals surface area contributed by atoms with E-state index in [0.29, 0.717) is 48.4 Å². The third-order valence-corrected chi connectivity index (χ3v) is 7.70. The minimum absolute atomic E-state index is 0.0448. The zero-order valence-corrected chi connectivity index (χ0v) is 22.2. The van der Waals surface area contributed by atoms with Crippen LogP contribution in [-0.2, 0) is 14.4 Å². The van der Waals surface area contributed by atoms with Crippen LogP contribution in [0.15, 0.2) is 36.7 Å². The van der Waals surface area contributed by atoms with Gasteiger partial charge in [0.15, 0.2) is 0 Å². The van der Waals surface area contributed by atoms with E-state index in [0.717, 1.165) is 44.5 Å². The van der Waals surface area contributed by atoms with Crippen LogP contribution in [0, 0.1) is 27.8 Å². The number of nitrogens with one attached hydrogen (secondary N) is 2. The maximum absolute atomic E-state index is 13.8. The second kappa shape index (κ2) is 13.4. The number of benzene rings is 1. The van der Waals surface area contributed by atoms with Crippen molar-refractivity contribution in [2.45, 2.75) is 51.0 Å². The van der Waals surface area contributed by atoms with E-state index in [1.807, 2.05) is 0 Å². The lowest BCUT2D eigenvalue weighted by Gasteiger charge is -2.33. The Kier molecular flexibility index (Phi) is 9.75. The standard InChI is InChI=1S/C28H34FN5O6/c29-23-5-4-19(13-25(23)34(39)40)21-12-22(16-31-15-21)24(14-27(36)37)32-28(38)20-2-1-11-33(17-20)26(35)6-3-18-7-9-30-10-8-18/h4-5,12-13,15-16,18,20,24,30H,1-3,6-11,14,17H2,(H,32,38)(H,36,37)/t20-,24?/m1/s1. The van der Waals surface area contributed by atoms with Crippen LogP contribution in [0.3, 0.4) is 0 Å². The van der Waals surface area contributed by atoms with Crippen LogP contribution < -0.4 is 10.6 Å². The molecule has 2 amide bonds. The van der Waals surface area contributed by atoms with Crippen LogP contribution in [0.5, 0.6) is 0 Å². The van der Waals surface area contributed by atoms with Gasteiger partial charge in [0, 0.05) is 43.5 Å². The zero-order valence-electron chi connectivity index (χ0n) is 22.2. The summed E-state index contributed by atoms with van der Waals surface area (Å²) in [5.74, 6) is -2.33.